The molecule has 78 heavy (non-hydrogen) atoms. The van der Waals surface area contributed by atoms with Gasteiger partial charge < -0.3 is 75.8 Å². The third-order valence-corrected chi connectivity index (χ3v) is 14.8. The van der Waals surface area contributed by atoms with Crippen molar-refractivity contribution in [1.82, 2.24) is 47.1 Å². The normalized spacial score (nSPS) is 17.5. The van der Waals surface area contributed by atoms with Crippen molar-refractivity contribution < 1.29 is 52.7 Å². The van der Waals surface area contributed by atoms with Crippen molar-refractivity contribution in [3.05, 3.63) is 36.0 Å². The van der Waals surface area contributed by atoms with Crippen LogP contribution in [0, 0.1) is 5.92 Å². The number of aromatic nitrogens is 1. The Hall–Kier alpha value is -7.10. The van der Waals surface area contributed by atoms with Crippen molar-refractivity contribution in [3.8, 4) is 0 Å². The summed E-state index contributed by atoms with van der Waals surface area (Å²) in [7, 11) is 0. The first-order valence-electron chi connectivity index (χ1n) is 26.1. The highest BCUT2D eigenvalue weighted by atomic mass is 32.1. The summed E-state index contributed by atoms with van der Waals surface area (Å²) in [6, 6.07) is -2.17. The van der Waals surface area contributed by atoms with E-state index in [0.717, 1.165) is 48.6 Å². The van der Waals surface area contributed by atoms with Gasteiger partial charge in [0.05, 0.1) is 13.0 Å². The Morgan fingerprint density at radius 2 is 1.38 bits per heavy atom. The number of aliphatic imine (C=N–C) groups is 1. The quantitative estimate of drug-likeness (QED) is 0.0160. The fourth-order valence-corrected chi connectivity index (χ4v) is 10.1. The first-order valence-corrected chi connectivity index (χ1v) is 27.2. The average Bonchev–Trinajstić information content (AvgIpc) is 4.07. The molecule has 0 unspecified atom stereocenters. The van der Waals surface area contributed by atoms with Crippen molar-refractivity contribution in [1.29, 1.82) is 0 Å². The van der Waals surface area contributed by atoms with Crippen molar-refractivity contribution in [2.45, 2.75) is 157 Å². The lowest BCUT2D eigenvalue weighted by Crippen LogP contribution is -2.61. The minimum absolute atomic E-state index is 0.0320. The number of benzene rings is 1. The predicted molar refractivity (Wildman–Crippen MR) is 295 cm³/mol. The average molecular weight is 1130 g/mol. The van der Waals surface area contributed by atoms with Crippen LogP contribution in [-0.4, -0.2) is 153 Å². The van der Waals surface area contributed by atoms with Crippen LogP contribution in [0.25, 0.3) is 10.9 Å². The van der Waals surface area contributed by atoms with Crippen LogP contribution in [0.15, 0.2) is 35.5 Å². The van der Waals surface area contributed by atoms with E-state index in [0.29, 0.717) is 12.8 Å². The molecule has 11 amide bonds. The van der Waals surface area contributed by atoms with Gasteiger partial charge >= 0.3 is 0 Å². The third-order valence-electron chi connectivity index (χ3n) is 13.8. The molecule has 4 rings (SSSR count). The van der Waals surface area contributed by atoms with Crippen LogP contribution < -0.4 is 65.9 Å². The van der Waals surface area contributed by atoms with E-state index < -0.39 is 144 Å². The number of thiol groups is 2. The molecule has 0 spiro atoms. The molecule has 1 aromatic carbocycles. The number of likely N-dealkylation sites (tertiary alicyclic amines) is 1. The molecule has 2 aromatic rings. The molecule has 0 radical (unpaired) electrons. The molecule has 18 N–H and O–H groups in total. The Kier molecular flexibility index (Phi) is 25.0. The second kappa shape index (κ2) is 30.7. The number of para-hydroxylation sites is 1. The highest BCUT2D eigenvalue weighted by Gasteiger charge is 2.41. The molecule has 26 nitrogen and oxygen atoms in total. The van der Waals surface area contributed by atoms with Gasteiger partial charge in [0.15, 0.2) is 5.96 Å². The SMILES string of the molecule is CC[C@H](C)[C@H](NC(=O)[C@@H](Cc1c[nH]c2ccccc12)NC(=O)CC1(S)CCCCC1)C(=O)N[C@@H](CCC(N)=O)C(=O)N[C@@H](CC(N)=O)C(=O)N[C@H](CS)C(=O)N1CCC[C@H]1C(=O)N[C@@H](CCCN=C(N)N)C(=O)NCC(N)=O. The molecule has 0 bridgehead atoms. The van der Waals surface area contributed by atoms with Gasteiger partial charge in [-0.05, 0) is 62.5 Å². The number of carbonyl (C=O) groups excluding carboxylic acids is 11. The maximum Gasteiger partial charge on any atom is 0.246 e. The van der Waals surface area contributed by atoms with E-state index in [1.165, 1.54) is 4.90 Å². The summed E-state index contributed by atoms with van der Waals surface area (Å²) in [6.07, 6.45) is 5.67. The Labute approximate surface area is 463 Å². The molecule has 2 heterocycles. The number of hydrogen-bond acceptors (Lipinski definition) is 14. The minimum Gasteiger partial charge on any atom is -0.370 e. The molecule has 1 aromatic heterocycles. The smallest absolute Gasteiger partial charge is 0.246 e. The number of rotatable bonds is 31. The number of primary amides is 3. The molecule has 28 heteroatoms. The highest BCUT2D eigenvalue weighted by molar-refractivity contribution is 7.81. The molecular formula is C50H77N15O11S2. The van der Waals surface area contributed by atoms with Crippen LogP contribution in [0.1, 0.15) is 109 Å². The first-order chi connectivity index (χ1) is 36.9. The van der Waals surface area contributed by atoms with Crippen molar-refractivity contribution >= 4 is 107 Å². The Morgan fingerprint density at radius 1 is 0.744 bits per heavy atom. The van der Waals surface area contributed by atoms with Gasteiger partial charge in [-0.25, -0.2) is 0 Å². The lowest BCUT2D eigenvalue weighted by atomic mass is 9.85. The van der Waals surface area contributed by atoms with Crippen LogP contribution in [0.2, 0.25) is 0 Å². The number of guanidine groups is 1. The van der Waals surface area contributed by atoms with Crippen LogP contribution in [0.3, 0.4) is 0 Å². The number of aromatic amines is 1. The second-order valence-corrected chi connectivity index (χ2v) is 21.3. The fraction of sp³-hybridized carbons (Fsp3) is 0.600. The van der Waals surface area contributed by atoms with Crippen LogP contribution in [0.4, 0.5) is 0 Å². The van der Waals surface area contributed by atoms with Gasteiger partial charge in [0.1, 0.15) is 42.3 Å². The lowest BCUT2D eigenvalue weighted by Gasteiger charge is -2.33. The van der Waals surface area contributed by atoms with Gasteiger partial charge in [-0.15, -0.1) is 0 Å². The summed E-state index contributed by atoms with van der Waals surface area (Å²) >= 11 is 9.12. The molecule has 1 aliphatic heterocycles. The predicted octanol–water partition coefficient (Wildman–Crippen LogP) is -2.60. The van der Waals surface area contributed by atoms with E-state index in [2.05, 4.69) is 59.8 Å². The van der Waals surface area contributed by atoms with E-state index >= 15 is 0 Å². The van der Waals surface area contributed by atoms with Gasteiger partial charge in [0.2, 0.25) is 65.0 Å². The summed E-state index contributed by atoms with van der Waals surface area (Å²) in [5.41, 5.74) is 28.5. The number of fused-ring (bicyclic) bond motifs is 1. The summed E-state index contributed by atoms with van der Waals surface area (Å²) in [6.45, 7) is 3.12. The number of carbonyl (C=O) groups is 11. The van der Waals surface area contributed by atoms with Gasteiger partial charge in [0, 0.05) is 60.0 Å². The van der Waals surface area contributed by atoms with Gasteiger partial charge in [-0.2, -0.15) is 25.3 Å². The first kappa shape index (κ1) is 63.4. The molecule has 8 atom stereocenters. The molecule has 1 saturated heterocycles. The number of nitrogens with one attached hydrogen (secondary N) is 8. The van der Waals surface area contributed by atoms with E-state index in [-0.39, 0.29) is 56.9 Å². The van der Waals surface area contributed by atoms with E-state index in [4.69, 9.17) is 41.3 Å². The summed E-state index contributed by atoms with van der Waals surface area (Å²) in [4.78, 5) is 155. The van der Waals surface area contributed by atoms with Crippen molar-refractivity contribution in [2.75, 3.05) is 25.4 Å². The Bertz CT molecular complexity index is 2520. The van der Waals surface area contributed by atoms with Crippen molar-refractivity contribution in [2.24, 2.45) is 39.6 Å². The second-order valence-electron chi connectivity index (χ2n) is 19.9. The van der Waals surface area contributed by atoms with Gasteiger partial charge in [-0.3, -0.25) is 57.7 Å². The maximum absolute atomic E-state index is 14.4. The zero-order chi connectivity index (χ0) is 57.7. The molecule has 1 aliphatic carbocycles. The van der Waals surface area contributed by atoms with E-state index in [1.807, 2.05) is 24.3 Å². The van der Waals surface area contributed by atoms with E-state index in [9.17, 15) is 52.7 Å². The Morgan fingerprint density at radius 3 is 2.03 bits per heavy atom. The summed E-state index contributed by atoms with van der Waals surface area (Å²) in [5.74, 6) is -10.1. The molecule has 1 saturated carbocycles. The lowest BCUT2D eigenvalue weighted by molar-refractivity contribution is -0.142. The standard InChI is InChI=1S/C50H77N15O11S2/c1-3-27(2)41(64-45(73)33(21-28-24-57-30-12-6-5-11-29(28)30)59-40(69)23-50(78)17-7-4-8-18-50)47(75)61-32(15-16-37(51)66)43(71)62-34(22-38(52)67)44(72)63-35(26-77)48(76)65-20-10-14-36(65)46(74)60-31(13-9-19-56-49(54)55)42(70)58-25-39(53)68/h5-6,11-12,24,27,31-36,41,57,77-78H,3-4,7-10,13-23,25-26H2,1-2H3,(H2,51,66)(H2,52,67)(H2,53,68)(H,58,70)(H,59,69)(H,60,74)(H,61,75)(H,62,71)(H,63,72)(H,64,73)(H4,54,55,56)/t27-,31-,32-,33+,34-,35+,36-,41-/m0/s1. The van der Waals surface area contributed by atoms with Gasteiger partial charge in [-0.1, -0.05) is 57.7 Å². The van der Waals surface area contributed by atoms with E-state index in [1.54, 1.807) is 20.0 Å². The molecule has 430 valence electrons. The Balaban J connectivity index is 1.52. The molecule has 2 fully saturated rings. The molecular weight excluding hydrogens is 1050 g/mol. The molecule has 2 aliphatic rings. The van der Waals surface area contributed by atoms with Crippen LogP contribution in [0.5, 0.6) is 0 Å². The van der Waals surface area contributed by atoms with Crippen LogP contribution in [-0.2, 0) is 59.2 Å². The zero-order valence-electron chi connectivity index (χ0n) is 44.1. The number of hydrogen-bond donors (Lipinski definition) is 15. The monoisotopic (exact) mass is 1130 g/mol. The highest BCUT2D eigenvalue weighted by Crippen LogP contribution is 2.36. The third kappa shape index (κ3) is 19.7. The summed E-state index contributed by atoms with van der Waals surface area (Å²) < 4.78 is -0.549. The number of amides is 11. The minimum atomic E-state index is -1.77. The fourth-order valence-electron chi connectivity index (χ4n) is 9.41. The van der Waals surface area contributed by atoms with Crippen LogP contribution >= 0.6 is 25.3 Å². The zero-order valence-corrected chi connectivity index (χ0v) is 45.9. The van der Waals surface area contributed by atoms with Crippen molar-refractivity contribution in [3.63, 3.8) is 0 Å². The summed E-state index contributed by atoms with van der Waals surface area (Å²) in [5, 5.41) is 18.9. The largest absolute Gasteiger partial charge is 0.370 e. The number of H-pyrrole nitrogens is 1. The number of nitrogens with zero attached hydrogens (tertiary/aromatic N) is 2. The van der Waals surface area contributed by atoms with Gasteiger partial charge in [0.25, 0.3) is 0 Å². The number of nitrogens with two attached hydrogens (primary N) is 5. The maximum atomic E-state index is 14.4. The topological polar surface area (TPSA) is 433 Å².